The summed E-state index contributed by atoms with van der Waals surface area (Å²) in [5.41, 5.74) is 2.58. The summed E-state index contributed by atoms with van der Waals surface area (Å²) in [6.45, 7) is 8.20. The minimum Gasteiger partial charge on any atom is -0.393 e. The van der Waals surface area contributed by atoms with Crippen LogP contribution in [0.5, 0.6) is 0 Å². The predicted molar refractivity (Wildman–Crippen MR) is 68.1 cm³/mol. The van der Waals surface area contributed by atoms with Gasteiger partial charge in [-0.2, -0.15) is 0 Å². The topological polar surface area (TPSA) is 65.1 Å². The van der Waals surface area contributed by atoms with Crippen LogP contribution in [0.25, 0.3) is 0 Å². The normalized spacial score (nSPS) is 14.4. The number of rotatable bonds is 5. The highest BCUT2D eigenvalue weighted by atomic mass is 16.3. The van der Waals surface area contributed by atoms with Crippen LogP contribution in [0.2, 0.25) is 0 Å². The van der Waals surface area contributed by atoms with Crippen LogP contribution in [0.3, 0.4) is 0 Å². The highest BCUT2D eigenvalue weighted by molar-refractivity contribution is 5.93. The molecule has 0 saturated carbocycles. The maximum atomic E-state index is 11.9. The summed E-state index contributed by atoms with van der Waals surface area (Å²) in [6.07, 6.45) is 0.375. The summed E-state index contributed by atoms with van der Waals surface area (Å²) in [7, 11) is 0. The van der Waals surface area contributed by atoms with Crippen molar-refractivity contribution in [3.8, 4) is 0 Å². The first kappa shape index (κ1) is 13.8. The third-order valence-electron chi connectivity index (χ3n) is 2.73. The Morgan fingerprint density at radius 1 is 1.47 bits per heavy atom. The van der Waals surface area contributed by atoms with Crippen molar-refractivity contribution in [1.82, 2.24) is 10.3 Å². The zero-order valence-corrected chi connectivity index (χ0v) is 11.0. The second-order valence-electron chi connectivity index (χ2n) is 4.91. The van der Waals surface area contributed by atoms with E-state index in [1.165, 1.54) is 0 Å². The Kier molecular flexibility index (Phi) is 4.75. The number of carbonyl (C=O) groups is 1. The molecule has 2 atom stereocenters. The van der Waals surface area contributed by atoms with Crippen molar-refractivity contribution in [3.05, 3.63) is 23.0 Å². The first-order chi connectivity index (χ1) is 7.90. The molecule has 0 fully saturated rings. The van der Waals surface area contributed by atoms with E-state index in [0.717, 1.165) is 11.3 Å². The molecule has 0 spiro atoms. The standard InChI is InChI=1S/C13H22N2O2/c1-8(5-11(4)16)7-14-13(17)12-9(2)6-10(3)15-12/h6,8,11,15-16H,5,7H2,1-4H3,(H,14,17). The summed E-state index contributed by atoms with van der Waals surface area (Å²) < 4.78 is 0. The molecule has 1 aromatic rings. The highest BCUT2D eigenvalue weighted by Crippen LogP contribution is 2.09. The van der Waals surface area contributed by atoms with Crippen LogP contribution in [0.15, 0.2) is 6.07 Å². The molecule has 1 amide bonds. The van der Waals surface area contributed by atoms with Crippen molar-refractivity contribution in [3.63, 3.8) is 0 Å². The smallest absolute Gasteiger partial charge is 0.267 e. The molecule has 0 bridgehead atoms. The van der Waals surface area contributed by atoms with Crippen LogP contribution in [-0.4, -0.2) is 28.6 Å². The van der Waals surface area contributed by atoms with Gasteiger partial charge in [-0.15, -0.1) is 0 Å². The lowest BCUT2D eigenvalue weighted by Gasteiger charge is -2.14. The lowest BCUT2D eigenvalue weighted by atomic mass is 10.0. The van der Waals surface area contributed by atoms with Gasteiger partial charge in [0, 0.05) is 12.2 Å². The molecule has 1 heterocycles. The van der Waals surface area contributed by atoms with Gasteiger partial charge in [0.1, 0.15) is 5.69 Å². The van der Waals surface area contributed by atoms with Gasteiger partial charge < -0.3 is 15.4 Å². The van der Waals surface area contributed by atoms with E-state index in [1.807, 2.05) is 26.8 Å². The first-order valence-electron chi connectivity index (χ1n) is 6.02. The Hall–Kier alpha value is -1.29. The van der Waals surface area contributed by atoms with Crippen LogP contribution < -0.4 is 5.32 Å². The van der Waals surface area contributed by atoms with E-state index in [1.54, 1.807) is 6.92 Å². The molecule has 0 saturated heterocycles. The number of carbonyl (C=O) groups excluding carboxylic acids is 1. The number of H-pyrrole nitrogens is 1. The lowest BCUT2D eigenvalue weighted by Crippen LogP contribution is -2.30. The Morgan fingerprint density at radius 2 is 2.12 bits per heavy atom. The summed E-state index contributed by atoms with van der Waals surface area (Å²) in [4.78, 5) is 14.9. The zero-order valence-electron chi connectivity index (χ0n) is 11.0. The lowest BCUT2D eigenvalue weighted by molar-refractivity contribution is 0.0934. The van der Waals surface area contributed by atoms with Gasteiger partial charge >= 0.3 is 0 Å². The zero-order chi connectivity index (χ0) is 13.0. The largest absolute Gasteiger partial charge is 0.393 e. The summed E-state index contributed by atoms with van der Waals surface area (Å²) in [5.74, 6) is 0.198. The molecule has 0 aliphatic rings. The maximum Gasteiger partial charge on any atom is 0.267 e. The molecule has 4 heteroatoms. The van der Waals surface area contributed by atoms with Gasteiger partial charge in [-0.05, 0) is 44.7 Å². The van der Waals surface area contributed by atoms with Gasteiger partial charge in [-0.25, -0.2) is 0 Å². The number of aliphatic hydroxyl groups excluding tert-OH is 1. The van der Waals surface area contributed by atoms with Crippen molar-refractivity contribution >= 4 is 5.91 Å². The van der Waals surface area contributed by atoms with E-state index in [4.69, 9.17) is 0 Å². The quantitative estimate of drug-likeness (QED) is 0.732. The summed E-state index contributed by atoms with van der Waals surface area (Å²) in [5, 5.41) is 12.1. The molecule has 0 aromatic carbocycles. The van der Waals surface area contributed by atoms with E-state index >= 15 is 0 Å². The molecule has 3 N–H and O–H groups in total. The number of aryl methyl sites for hydroxylation is 2. The van der Waals surface area contributed by atoms with E-state index < -0.39 is 0 Å². The fourth-order valence-electron chi connectivity index (χ4n) is 1.99. The molecule has 1 rings (SSSR count). The first-order valence-corrected chi connectivity index (χ1v) is 6.02. The molecule has 1 aromatic heterocycles. The molecule has 0 radical (unpaired) electrons. The fourth-order valence-corrected chi connectivity index (χ4v) is 1.99. The highest BCUT2D eigenvalue weighted by Gasteiger charge is 2.13. The Balaban J connectivity index is 2.47. The molecule has 96 valence electrons. The molecule has 2 unspecified atom stereocenters. The third kappa shape index (κ3) is 4.23. The maximum absolute atomic E-state index is 11.9. The average molecular weight is 238 g/mol. The van der Waals surface area contributed by atoms with Gasteiger partial charge in [0.05, 0.1) is 6.10 Å². The van der Waals surface area contributed by atoms with Crippen LogP contribution in [0.4, 0.5) is 0 Å². The monoisotopic (exact) mass is 238 g/mol. The van der Waals surface area contributed by atoms with Crippen molar-refractivity contribution in [2.75, 3.05) is 6.54 Å². The average Bonchev–Trinajstić information content (AvgIpc) is 2.53. The van der Waals surface area contributed by atoms with Crippen molar-refractivity contribution < 1.29 is 9.90 Å². The Labute approximate surface area is 102 Å². The Bertz CT molecular complexity index is 383. The van der Waals surface area contributed by atoms with Gasteiger partial charge in [-0.1, -0.05) is 6.92 Å². The second-order valence-corrected chi connectivity index (χ2v) is 4.91. The number of hydrogen-bond acceptors (Lipinski definition) is 2. The molecule has 17 heavy (non-hydrogen) atoms. The molecular formula is C13H22N2O2. The van der Waals surface area contributed by atoms with Gasteiger partial charge in [0.25, 0.3) is 5.91 Å². The summed E-state index contributed by atoms with van der Waals surface area (Å²) >= 11 is 0. The minimum atomic E-state index is -0.323. The molecule has 4 nitrogen and oxygen atoms in total. The van der Waals surface area contributed by atoms with Crippen molar-refractivity contribution in [1.29, 1.82) is 0 Å². The van der Waals surface area contributed by atoms with E-state index in [2.05, 4.69) is 10.3 Å². The molecule has 0 aliphatic carbocycles. The number of aliphatic hydroxyl groups is 1. The van der Waals surface area contributed by atoms with Gasteiger partial charge in [0.15, 0.2) is 0 Å². The van der Waals surface area contributed by atoms with Gasteiger partial charge in [0.2, 0.25) is 0 Å². The Morgan fingerprint density at radius 3 is 2.59 bits per heavy atom. The predicted octanol–water partition coefficient (Wildman–Crippen LogP) is 1.77. The van der Waals surface area contributed by atoms with E-state index in [9.17, 15) is 9.90 Å². The second kappa shape index (κ2) is 5.87. The van der Waals surface area contributed by atoms with E-state index in [-0.39, 0.29) is 17.9 Å². The van der Waals surface area contributed by atoms with Crippen LogP contribution in [-0.2, 0) is 0 Å². The number of hydrogen-bond donors (Lipinski definition) is 3. The summed E-state index contributed by atoms with van der Waals surface area (Å²) in [6, 6.07) is 1.95. The van der Waals surface area contributed by atoms with E-state index in [0.29, 0.717) is 18.7 Å². The number of aromatic nitrogens is 1. The van der Waals surface area contributed by atoms with Crippen LogP contribution in [0.1, 0.15) is 42.0 Å². The number of nitrogens with one attached hydrogen (secondary N) is 2. The van der Waals surface area contributed by atoms with Gasteiger partial charge in [-0.3, -0.25) is 4.79 Å². The molecular weight excluding hydrogens is 216 g/mol. The molecule has 0 aliphatic heterocycles. The number of aromatic amines is 1. The van der Waals surface area contributed by atoms with Crippen LogP contribution in [0, 0.1) is 19.8 Å². The fraction of sp³-hybridized carbons (Fsp3) is 0.615. The van der Waals surface area contributed by atoms with Crippen molar-refractivity contribution in [2.45, 2.75) is 40.2 Å². The SMILES string of the molecule is Cc1cc(C)c(C(=O)NCC(C)CC(C)O)[nH]1. The van der Waals surface area contributed by atoms with Crippen LogP contribution >= 0.6 is 0 Å². The third-order valence-corrected chi connectivity index (χ3v) is 2.73. The van der Waals surface area contributed by atoms with Crippen molar-refractivity contribution in [2.24, 2.45) is 5.92 Å². The minimum absolute atomic E-state index is 0.0759. The number of amides is 1.